The third kappa shape index (κ3) is 6.36. The molecule has 2 N–H and O–H groups in total. The van der Waals surface area contributed by atoms with Gasteiger partial charge in [-0.1, -0.05) is 42.5 Å². The van der Waals surface area contributed by atoms with Gasteiger partial charge >= 0.3 is 0 Å². The van der Waals surface area contributed by atoms with Crippen molar-refractivity contribution in [1.29, 1.82) is 0 Å². The van der Waals surface area contributed by atoms with Gasteiger partial charge in [0.25, 0.3) is 10.0 Å². The van der Waals surface area contributed by atoms with E-state index in [2.05, 4.69) is 10.0 Å². The van der Waals surface area contributed by atoms with E-state index in [0.717, 1.165) is 5.75 Å². The minimum Gasteiger partial charge on any atom is -0.494 e. The van der Waals surface area contributed by atoms with Crippen LogP contribution in [-0.2, 0) is 14.8 Å². The Balaban J connectivity index is 1.51. The lowest BCUT2D eigenvalue weighted by atomic mass is 10.2. The monoisotopic (exact) mass is 410 g/mol. The van der Waals surface area contributed by atoms with Crippen LogP contribution in [0, 0.1) is 0 Å². The molecule has 150 valence electrons. The van der Waals surface area contributed by atoms with Gasteiger partial charge in [-0.05, 0) is 48.9 Å². The van der Waals surface area contributed by atoms with Crippen molar-refractivity contribution in [2.24, 2.45) is 0 Å². The van der Waals surface area contributed by atoms with Gasteiger partial charge < -0.3 is 10.1 Å². The molecule has 6 nitrogen and oxygen atoms in total. The first-order chi connectivity index (χ1) is 14.0. The van der Waals surface area contributed by atoms with Crippen molar-refractivity contribution in [2.75, 3.05) is 16.6 Å². The fourth-order valence-electron chi connectivity index (χ4n) is 2.64. The van der Waals surface area contributed by atoms with E-state index in [9.17, 15) is 13.2 Å². The third-order valence-corrected chi connectivity index (χ3v) is 5.41. The fourth-order valence-corrected chi connectivity index (χ4v) is 3.71. The van der Waals surface area contributed by atoms with Gasteiger partial charge in [-0.3, -0.25) is 9.52 Å². The molecule has 0 unspecified atom stereocenters. The minimum atomic E-state index is -3.68. The second-order valence-corrected chi connectivity index (χ2v) is 8.00. The Morgan fingerprint density at radius 1 is 0.828 bits per heavy atom. The predicted molar refractivity (Wildman–Crippen MR) is 113 cm³/mol. The molecule has 29 heavy (non-hydrogen) atoms. The lowest BCUT2D eigenvalue weighted by Crippen LogP contribution is -2.14. The quantitative estimate of drug-likeness (QED) is 0.516. The summed E-state index contributed by atoms with van der Waals surface area (Å²) in [5.41, 5.74) is 0.895. The highest BCUT2D eigenvalue weighted by Crippen LogP contribution is 2.19. The molecule has 0 saturated carbocycles. The number of amides is 1. The van der Waals surface area contributed by atoms with E-state index < -0.39 is 10.0 Å². The van der Waals surface area contributed by atoms with Gasteiger partial charge in [0, 0.05) is 12.1 Å². The molecule has 0 atom stereocenters. The maximum absolute atomic E-state index is 12.4. The highest BCUT2D eigenvalue weighted by Gasteiger charge is 2.13. The van der Waals surface area contributed by atoms with E-state index in [1.165, 1.54) is 12.1 Å². The number of nitrogens with one attached hydrogen (secondary N) is 2. The van der Waals surface area contributed by atoms with Gasteiger partial charge in [0.05, 0.1) is 17.2 Å². The third-order valence-electron chi connectivity index (χ3n) is 4.01. The van der Waals surface area contributed by atoms with Crippen LogP contribution in [-0.4, -0.2) is 20.9 Å². The zero-order valence-corrected chi connectivity index (χ0v) is 16.6. The summed E-state index contributed by atoms with van der Waals surface area (Å²) < 4.78 is 32.9. The molecule has 0 spiro atoms. The van der Waals surface area contributed by atoms with Crippen LogP contribution >= 0.6 is 0 Å². The van der Waals surface area contributed by atoms with E-state index in [-0.39, 0.29) is 10.8 Å². The van der Waals surface area contributed by atoms with E-state index in [1.54, 1.807) is 42.5 Å². The zero-order chi connectivity index (χ0) is 20.5. The normalized spacial score (nSPS) is 10.9. The van der Waals surface area contributed by atoms with Gasteiger partial charge in [-0.15, -0.1) is 0 Å². The van der Waals surface area contributed by atoms with Crippen molar-refractivity contribution in [3.05, 3.63) is 84.9 Å². The minimum absolute atomic E-state index is 0.162. The molecule has 3 aromatic rings. The summed E-state index contributed by atoms with van der Waals surface area (Å²) in [5.74, 6) is 0.607. The molecule has 0 aliphatic heterocycles. The number of anilines is 2. The van der Waals surface area contributed by atoms with Crippen molar-refractivity contribution in [2.45, 2.75) is 17.7 Å². The number of benzene rings is 3. The highest BCUT2D eigenvalue weighted by atomic mass is 32.2. The first-order valence-electron chi connectivity index (χ1n) is 9.18. The number of carbonyl (C=O) groups is 1. The van der Waals surface area contributed by atoms with Crippen LogP contribution in [0.25, 0.3) is 0 Å². The van der Waals surface area contributed by atoms with Crippen molar-refractivity contribution in [3.63, 3.8) is 0 Å². The van der Waals surface area contributed by atoms with E-state index >= 15 is 0 Å². The Labute approximate surface area is 170 Å². The zero-order valence-electron chi connectivity index (χ0n) is 15.7. The van der Waals surface area contributed by atoms with Crippen LogP contribution in [0.4, 0.5) is 11.4 Å². The largest absolute Gasteiger partial charge is 0.494 e. The molecule has 1 amide bonds. The summed E-state index contributed by atoms with van der Waals surface area (Å²) >= 11 is 0. The first-order valence-corrected chi connectivity index (χ1v) is 10.7. The van der Waals surface area contributed by atoms with Crippen molar-refractivity contribution >= 4 is 27.3 Å². The molecule has 0 bridgehead atoms. The smallest absolute Gasteiger partial charge is 0.261 e. The predicted octanol–water partition coefficient (Wildman–Crippen LogP) is 4.29. The Morgan fingerprint density at radius 2 is 1.48 bits per heavy atom. The molecule has 0 aliphatic rings. The molecule has 0 aliphatic carbocycles. The average molecular weight is 410 g/mol. The topological polar surface area (TPSA) is 84.5 Å². The van der Waals surface area contributed by atoms with Gasteiger partial charge in [-0.25, -0.2) is 8.42 Å². The van der Waals surface area contributed by atoms with Crippen LogP contribution in [0.5, 0.6) is 5.75 Å². The summed E-state index contributed by atoms with van der Waals surface area (Å²) in [6.45, 7) is 0.439. The lowest BCUT2D eigenvalue weighted by molar-refractivity contribution is -0.116. The number of para-hydroxylation sites is 1. The molecular weight excluding hydrogens is 388 g/mol. The molecule has 3 aromatic carbocycles. The number of rotatable bonds is 9. The Bertz CT molecular complexity index is 1040. The van der Waals surface area contributed by atoms with Crippen LogP contribution in [0.15, 0.2) is 89.8 Å². The summed E-state index contributed by atoms with van der Waals surface area (Å²) in [6.07, 6.45) is 0.869. The highest BCUT2D eigenvalue weighted by molar-refractivity contribution is 7.92. The average Bonchev–Trinajstić information content (AvgIpc) is 2.73. The molecule has 0 fully saturated rings. The molecule has 0 aromatic heterocycles. The molecule has 7 heteroatoms. The van der Waals surface area contributed by atoms with Gasteiger partial charge in [-0.2, -0.15) is 0 Å². The Kier molecular flexibility index (Phi) is 6.86. The second kappa shape index (κ2) is 9.75. The van der Waals surface area contributed by atoms with Crippen LogP contribution in [0.3, 0.4) is 0 Å². The maximum Gasteiger partial charge on any atom is 0.261 e. The number of hydrogen-bond acceptors (Lipinski definition) is 4. The summed E-state index contributed by atoms with van der Waals surface area (Å²) in [7, 11) is -3.68. The summed E-state index contributed by atoms with van der Waals surface area (Å²) in [4.78, 5) is 12.3. The van der Waals surface area contributed by atoms with Crippen molar-refractivity contribution < 1.29 is 17.9 Å². The SMILES string of the molecule is O=C(CCCOc1ccccc1)Nc1cccc(NS(=O)(=O)c2ccccc2)c1. The standard InChI is InChI=1S/C22H22N2O4S/c25-22(15-8-16-28-20-11-3-1-4-12-20)23-18-9-7-10-19(17-18)24-29(26,27)21-13-5-2-6-14-21/h1-7,9-14,17,24H,8,15-16H2,(H,23,25). The molecule has 3 rings (SSSR count). The van der Waals surface area contributed by atoms with Crippen molar-refractivity contribution in [1.82, 2.24) is 0 Å². The summed E-state index contributed by atoms with van der Waals surface area (Å²) in [5, 5.41) is 2.78. The lowest BCUT2D eigenvalue weighted by Gasteiger charge is -2.11. The first kappa shape index (κ1) is 20.4. The maximum atomic E-state index is 12.4. The van der Waals surface area contributed by atoms with Gasteiger partial charge in [0.2, 0.25) is 5.91 Å². The van der Waals surface area contributed by atoms with Gasteiger partial charge in [0.1, 0.15) is 5.75 Å². The van der Waals surface area contributed by atoms with Gasteiger partial charge in [0.15, 0.2) is 0 Å². The van der Waals surface area contributed by atoms with Crippen LogP contribution in [0.1, 0.15) is 12.8 Å². The van der Waals surface area contributed by atoms with Crippen molar-refractivity contribution in [3.8, 4) is 5.75 Å². The Morgan fingerprint density at radius 3 is 2.21 bits per heavy atom. The second-order valence-electron chi connectivity index (χ2n) is 6.31. The number of hydrogen-bond donors (Lipinski definition) is 2. The summed E-state index contributed by atoms with van der Waals surface area (Å²) in [6, 6.07) is 24.1. The molecule has 0 saturated heterocycles. The Hall–Kier alpha value is -3.32. The van der Waals surface area contributed by atoms with E-state index in [0.29, 0.717) is 30.8 Å². The molecular formula is C22H22N2O4S. The number of carbonyl (C=O) groups excluding carboxylic acids is 1. The van der Waals surface area contributed by atoms with E-state index in [4.69, 9.17) is 4.74 Å². The van der Waals surface area contributed by atoms with Crippen LogP contribution in [0.2, 0.25) is 0 Å². The van der Waals surface area contributed by atoms with E-state index in [1.807, 2.05) is 30.3 Å². The molecule has 0 heterocycles. The van der Waals surface area contributed by atoms with Crippen LogP contribution < -0.4 is 14.8 Å². The number of ether oxygens (including phenoxy) is 1. The molecule has 0 radical (unpaired) electrons. The fraction of sp³-hybridized carbons (Fsp3) is 0.136. The number of sulfonamides is 1.